The van der Waals surface area contributed by atoms with E-state index in [0.717, 1.165) is 57.3 Å². The van der Waals surface area contributed by atoms with E-state index < -0.39 is 17.2 Å². The molecule has 2 saturated heterocycles. The molecule has 0 bridgehead atoms. The van der Waals surface area contributed by atoms with Crippen LogP contribution in [-0.4, -0.2) is 68.5 Å². The Morgan fingerprint density at radius 1 is 1.15 bits per heavy atom. The van der Waals surface area contributed by atoms with E-state index in [-0.39, 0.29) is 11.8 Å². The van der Waals surface area contributed by atoms with E-state index in [9.17, 15) is 14.7 Å². The van der Waals surface area contributed by atoms with Crippen molar-refractivity contribution in [3.05, 3.63) is 29.0 Å². The number of aromatic nitrogens is 1. The van der Waals surface area contributed by atoms with Gasteiger partial charge < -0.3 is 15.3 Å². The summed E-state index contributed by atoms with van der Waals surface area (Å²) in [6.45, 7) is 4.92. The molecule has 0 unspecified atom stereocenters. The van der Waals surface area contributed by atoms with Gasteiger partial charge in [0.2, 0.25) is 11.8 Å². The molecule has 2 N–H and O–H groups in total. The SMILES string of the molecule is CCCCN1C(=O)[C@@H](CC2(O)CCCCC2)NC(=O)C12CCN(Cc1ccc(Cl)nc1)CC2. The molecule has 8 heteroatoms. The third-order valence-corrected chi connectivity index (χ3v) is 8.01. The Labute approximate surface area is 201 Å². The minimum absolute atomic E-state index is 0.0163. The molecule has 3 heterocycles. The normalized spacial score (nSPS) is 25.3. The highest BCUT2D eigenvalue weighted by atomic mass is 35.5. The molecule has 3 fully saturated rings. The van der Waals surface area contributed by atoms with E-state index in [1.807, 2.05) is 11.0 Å². The van der Waals surface area contributed by atoms with E-state index in [1.165, 1.54) is 0 Å². The number of aliphatic hydroxyl groups is 1. The van der Waals surface area contributed by atoms with E-state index in [0.29, 0.717) is 43.8 Å². The number of hydrogen-bond donors (Lipinski definition) is 2. The Hall–Kier alpha value is -1.70. The minimum atomic E-state index is -0.844. The van der Waals surface area contributed by atoms with Crippen molar-refractivity contribution in [2.45, 2.75) is 94.9 Å². The molecule has 1 spiro atoms. The van der Waals surface area contributed by atoms with E-state index >= 15 is 0 Å². The fourth-order valence-corrected chi connectivity index (χ4v) is 5.90. The molecule has 1 atom stereocenters. The van der Waals surface area contributed by atoms with Gasteiger partial charge in [-0.1, -0.05) is 50.3 Å². The highest BCUT2D eigenvalue weighted by Gasteiger charge is 2.54. The Balaban J connectivity index is 1.46. The van der Waals surface area contributed by atoms with Crippen LogP contribution in [-0.2, 0) is 16.1 Å². The molecule has 0 aromatic carbocycles. The van der Waals surface area contributed by atoms with Crippen LogP contribution in [0.1, 0.15) is 76.7 Å². The molecule has 4 rings (SSSR count). The van der Waals surface area contributed by atoms with Crippen LogP contribution in [0.5, 0.6) is 0 Å². The highest BCUT2D eigenvalue weighted by Crippen LogP contribution is 2.37. The lowest BCUT2D eigenvalue weighted by molar-refractivity contribution is -0.163. The molecule has 1 saturated carbocycles. The second kappa shape index (κ2) is 10.3. The molecule has 2 aliphatic heterocycles. The van der Waals surface area contributed by atoms with Gasteiger partial charge in [-0.05, 0) is 43.7 Å². The van der Waals surface area contributed by atoms with Crippen LogP contribution < -0.4 is 5.32 Å². The van der Waals surface area contributed by atoms with Gasteiger partial charge in [-0.2, -0.15) is 0 Å². The maximum absolute atomic E-state index is 13.6. The molecule has 2 amide bonds. The number of nitrogens with zero attached hydrogens (tertiary/aromatic N) is 3. The van der Waals surface area contributed by atoms with E-state index in [1.54, 1.807) is 12.3 Å². The first-order valence-electron chi connectivity index (χ1n) is 12.5. The molecule has 0 radical (unpaired) electrons. The van der Waals surface area contributed by atoms with Gasteiger partial charge >= 0.3 is 0 Å². The first kappa shape index (κ1) is 24.4. The Morgan fingerprint density at radius 3 is 2.52 bits per heavy atom. The molecule has 1 aromatic rings. The van der Waals surface area contributed by atoms with Gasteiger partial charge in [-0.25, -0.2) is 4.98 Å². The minimum Gasteiger partial charge on any atom is -0.390 e. The van der Waals surface area contributed by atoms with Crippen LogP contribution in [0.3, 0.4) is 0 Å². The zero-order chi connectivity index (χ0) is 23.5. The van der Waals surface area contributed by atoms with Crippen LogP contribution in [0.25, 0.3) is 0 Å². The summed E-state index contributed by atoms with van der Waals surface area (Å²) < 4.78 is 0. The van der Waals surface area contributed by atoms with Crippen LogP contribution in [0.2, 0.25) is 5.15 Å². The summed E-state index contributed by atoms with van der Waals surface area (Å²) >= 11 is 5.90. The van der Waals surface area contributed by atoms with E-state index in [4.69, 9.17) is 11.6 Å². The molecule has 182 valence electrons. The van der Waals surface area contributed by atoms with Gasteiger partial charge in [0.25, 0.3) is 0 Å². The summed E-state index contributed by atoms with van der Waals surface area (Å²) in [7, 11) is 0. The van der Waals surface area contributed by atoms with Crippen molar-refractivity contribution in [2.75, 3.05) is 19.6 Å². The number of carbonyl (C=O) groups is 2. The second-order valence-corrected chi connectivity index (χ2v) is 10.5. The van der Waals surface area contributed by atoms with Crippen LogP contribution in [0.4, 0.5) is 0 Å². The second-order valence-electron chi connectivity index (χ2n) is 10.2. The maximum atomic E-state index is 13.6. The van der Waals surface area contributed by atoms with Gasteiger partial charge in [0.05, 0.1) is 5.60 Å². The third kappa shape index (κ3) is 5.36. The zero-order valence-corrected chi connectivity index (χ0v) is 20.4. The average molecular weight is 477 g/mol. The summed E-state index contributed by atoms with van der Waals surface area (Å²) in [5, 5.41) is 14.6. The van der Waals surface area contributed by atoms with Crippen LogP contribution in [0, 0.1) is 0 Å². The fourth-order valence-electron chi connectivity index (χ4n) is 5.78. The average Bonchev–Trinajstić information content (AvgIpc) is 2.81. The molecular weight excluding hydrogens is 440 g/mol. The Bertz CT molecular complexity index is 833. The number of piperazine rings is 1. The largest absolute Gasteiger partial charge is 0.390 e. The maximum Gasteiger partial charge on any atom is 0.246 e. The van der Waals surface area contributed by atoms with Crippen LogP contribution in [0.15, 0.2) is 18.3 Å². The molecule has 33 heavy (non-hydrogen) atoms. The third-order valence-electron chi connectivity index (χ3n) is 7.79. The topological polar surface area (TPSA) is 85.8 Å². The number of amides is 2. The number of pyridine rings is 1. The van der Waals surface area contributed by atoms with Gasteiger partial charge in [0.15, 0.2) is 0 Å². The fraction of sp³-hybridized carbons (Fsp3) is 0.720. The van der Waals surface area contributed by atoms with Gasteiger partial charge in [-0.15, -0.1) is 0 Å². The van der Waals surface area contributed by atoms with Crippen molar-refractivity contribution in [2.24, 2.45) is 0 Å². The summed E-state index contributed by atoms with van der Waals surface area (Å²) in [4.78, 5) is 35.5. The number of unbranched alkanes of at least 4 members (excludes halogenated alkanes) is 1. The number of rotatable bonds is 7. The quantitative estimate of drug-likeness (QED) is 0.590. The standard InChI is InChI=1S/C25H37ClN4O3/c1-2-3-13-30-22(31)20(16-24(33)9-5-4-6-10-24)28-23(32)25(30)11-14-29(15-12-25)18-19-7-8-21(26)27-17-19/h7-8,17,20,33H,2-6,9-16,18H2,1H3,(H,28,32)/t20-/m1/s1. The molecular formula is C25H37ClN4O3. The number of nitrogens with one attached hydrogen (secondary N) is 1. The summed E-state index contributed by atoms with van der Waals surface area (Å²) in [6.07, 6.45) is 9.69. The molecule has 7 nitrogen and oxygen atoms in total. The van der Waals surface area contributed by atoms with Crippen molar-refractivity contribution in [3.8, 4) is 0 Å². The van der Waals surface area contributed by atoms with Gasteiger partial charge in [-0.3, -0.25) is 14.5 Å². The van der Waals surface area contributed by atoms with Crippen molar-refractivity contribution < 1.29 is 14.7 Å². The molecule has 1 aromatic heterocycles. The first-order valence-corrected chi connectivity index (χ1v) is 12.9. The Kier molecular flexibility index (Phi) is 7.61. The van der Waals surface area contributed by atoms with E-state index in [2.05, 4.69) is 22.1 Å². The lowest BCUT2D eigenvalue weighted by Gasteiger charge is -2.52. The lowest BCUT2D eigenvalue weighted by Crippen LogP contribution is -2.73. The predicted molar refractivity (Wildman–Crippen MR) is 128 cm³/mol. The monoisotopic (exact) mass is 476 g/mol. The first-order chi connectivity index (χ1) is 15.8. The lowest BCUT2D eigenvalue weighted by atomic mass is 9.77. The predicted octanol–water partition coefficient (Wildman–Crippen LogP) is 3.28. The number of halogens is 1. The Morgan fingerprint density at radius 2 is 1.88 bits per heavy atom. The summed E-state index contributed by atoms with van der Waals surface area (Å²) in [5.41, 5.74) is -0.543. The number of piperidine rings is 1. The van der Waals surface area contributed by atoms with Crippen molar-refractivity contribution in [3.63, 3.8) is 0 Å². The van der Waals surface area contributed by atoms with Crippen molar-refractivity contribution in [1.29, 1.82) is 0 Å². The zero-order valence-electron chi connectivity index (χ0n) is 19.7. The van der Waals surface area contributed by atoms with Crippen molar-refractivity contribution in [1.82, 2.24) is 20.1 Å². The highest BCUT2D eigenvalue weighted by molar-refractivity contribution is 6.29. The summed E-state index contributed by atoms with van der Waals surface area (Å²) in [5.74, 6) is -0.0622. The number of likely N-dealkylation sites (tertiary alicyclic amines) is 1. The number of hydrogen-bond acceptors (Lipinski definition) is 5. The van der Waals surface area contributed by atoms with Crippen LogP contribution >= 0.6 is 11.6 Å². The van der Waals surface area contributed by atoms with Crippen molar-refractivity contribution >= 4 is 23.4 Å². The smallest absolute Gasteiger partial charge is 0.246 e. The number of carbonyl (C=O) groups excluding carboxylic acids is 2. The van der Waals surface area contributed by atoms with Gasteiger partial charge in [0.1, 0.15) is 16.7 Å². The summed E-state index contributed by atoms with van der Waals surface area (Å²) in [6, 6.07) is 3.15. The molecule has 1 aliphatic carbocycles. The molecule has 3 aliphatic rings. The van der Waals surface area contributed by atoms with Gasteiger partial charge in [0, 0.05) is 38.8 Å².